The fourth-order valence-corrected chi connectivity index (χ4v) is 3.99. The summed E-state index contributed by atoms with van der Waals surface area (Å²) in [6.45, 7) is 2.98. The lowest BCUT2D eigenvalue weighted by Gasteiger charge is -2.27. The lowest BCUT2D eigenvalue weighted by Crippen LogP contribution is -2.54. The van der Waals surface area contributed by atoms with E-state index in [0.29, 0.717) is 24.2 Å². The molecule has 1 heterocycles. The van der Waals surface area contributed by atoms with Crippen molar-refractivity contribution in [3.05, 3.63) is 46.2 Å². The molecule has 1 saturated carbocycles. The topological polar surface area (TPSA) is 97.4 Å². The molecule has 0 bridgehead atoms. The molecule has 1 aromatic heterocycles. The Morgan fingerprint density at radius 2 is 1.76 bits per heavy atom. The van der Waals surface area contributed by atoms with Crippen LogP contribution in [0.2, 0.25) is 0 Å². The van der Waals surface area contributed by atoms with Crippen LogP contribution in [0.5, 0.6) is 0 Å². The van der Waals surface area contributed by atoms with E-state index in [2.05, 4.69) is 15.6 Å². The summed E-state index contributed by atoms with van der Waals surface area (Å²) < 4.78 is 58.7. The number of thiazole rings is 1. The summed E-state index contributed by atoms with van der Waals surface area (Å²) in [5.41, 5.74) is -3.82. The third kappa shape index (κ3) is 5.38. The summed E-state index contributed by atoms with van der Waals surface area (Å²) in [6.07, 6.45) is -3.77. The van der Waals surface area contributed by atoms with Gasteiger partial charge in [0.15, 0.2) is 10.8 Å². The lowest BCUT2D eigenvalue weighted by molar-refractivity contribution is -0.141. The zero-order valence-electron chi connectivity index (χ0n) is 17.9. The summed E-state index contributed by atoms with van der Waals surface area (Å²) in [7, 11) is 1.46. The van der Waals surface area contributed by atoms with Crippen LogP contribution >= 0.6 is 11.3 Å². The van der Waals surface area contributed by atoms with Crippen LogP contribution in [0.25, 0.3) is 0 Å². The highest BCUT2D eigenvalue weighted by molar-refractivity contribution is 7.18. The van der Waals surface area contributed by atoms with Crippen LogP contribution in [0.1, 0.15) is 47.6 Å². The van der Waals surface area contributed by atoms with Crippen molar-refractivity contribution in [3.8, 4) is 0 Å². The minimum atomic E-state index is -4.97. The Balaban J connectivity index is 1.81. The SMILES string of the molecule is COCC1(C(=O)NC(C)(C)C(=O)Nc2nc(C(F)(F)F)c(C(=O)c3ccc(F)cc3)s2)CC1. The standard InChI is InChI=1S/C21H21F4N3O4S/c1-19(2,28-17(31)20(8-9-20)10-32-3)16(30)27-18-26-15(21(23,24)25)14(33-18)13(29)11-4-6-12(22)7-5-11/h4-7H,8-10H2,1-3H3,(H,28,31)(H,26,27,30). The highest BCUT2D eigenvalue weighted by Crippen LogP contribution is 2.46. The first kappa shape index (κ1) is 24.8. The molecule has 0 atom stereocenters. The van der Waals surface area contributed by atoms with Crippen molar-refractivity contribution in [2.45, 2.75) is 38.4 Å². The Kier molecular flexibility index (Phi) is 6.62. The molecule has 178 valence electrons. The summed E-state index contributed by atoms with van der Waals surface area (Å²) in [5.74, 6) is -2.87. The average molecular weight is 487 g/mol. The number of ketones is 1. The number of hydrogen-bond acceptors (Lipinski definition) is 6. The number of amides is 2. The number of nitrogens with zero attached hydrogens (tertiary/aromatic N) is 1. The second-order valence-corrected chi connectivity index (χ2v) is 9.28. The van der Waals surface area contributed by atoms with Gasteiger partial charge in [0.1, 0.15) is 16.2 Å². The molecule has 2 aromatic rings. The van der Waals surface area contributed by atoms with Gasteiger partial charge in [-0.1, -0.05) is 11.3 Å². The summed E-state index contributed by atoms with van der Waals surface area (Å²) in [6, 6.07) is 4.02. The van der Waals surface area contributed by atoms with Gasteiger partial charge in [-0.05, 0) is 51.0 Å². The molecule has 2 amide bonds. The van der Waals surface area contributed by atoms with Crippen LogP contribution in [0.4, 0.5) is 22.7 Å². The first-order valence-corrected chi connectivity index (χ1v) is 10.6. The van der Waals surface area contributed by atoms with E-state index in [1.54, 1.807) is 0 Å². The van der Waals surface area contributed by atoms with E-state index >= 15 is 0 Å². The smallest absolute Gasteiger partial charge is 0.384 e. The highest BCUT2D eigenvalue weighted by Gasteiger charge is 2.51. The second kappa shape index (κ2) is 8.82. The number of halogens is 4. The van der Waals surface area contributed by atoms with Crippen LogP contribution in [-0.2, 0) is 20.5 Å². The van der Waals surface area contributed by atoms with Gasteiger partial charge in [-0.15, -0.1) is 0 Å². The van der Waals surface area contributed by atoms with Gasteiger partial charge < -0.3 is 10.1 Å². The van der Waals surface area contributed by atoms with Gasteiger partial charge in [0.05, 0.1) is 12.0 Å². The predicted molar refractivity (Wildman–Crippen MR) is 111 cm³/mol. The number of nitrogens with one attached hydrogen (secondary N) is 2. The fourth-order valence-electron chi connectivity index (χ4n) is 3.04. The van der Waals surface area contributed by atoms with Crippen LogP contribution in [0.15, 0.2) is 24.3 Å². The predicted octanol–water partition coefficient (Wildman–Crippen LogP) is 3.79. The number of carbonyl (C=O) groups is 3. The quantitative estimate of drug-likeness (QED) is 0.436. The maximum absolute atomic E-state index is 13.5. The Bertz CT molecular complexity index is 1080. The van der Waals surface area contributed by atoms with Gasteiger partial charge in [0.2, 0.25) is 11.7 Å². The van der Waals surface area contributed by atoms with Crippen molar-refractivity contribution in [3.63, 3.8) is 0 Å². The molecule has 7 nitrogen and oxygen atoms in total. The minimum absolute atomic E-state index is 0.163. The Hall–Kier alpha value is -2.86. The van der Waals surface area contributed by atoms with Crippen LogP contribution < -0.4 is 10.6 Å². The zero-order valence-corrected chi connectivity index (χ0v) is 18.7. The van der Waals surface area contributed by atoms with Gasteiger partial charge in [0, 0.05) is 12.7 Å². The molecular weight excluding hydrogens is 466 g/mol. The van der Waals surface area contributed by atoms with Crippen molar-refractivity contribution in [1.82, 2.24) is 10.3 Å². The average Bonchev–Trinajstić information content (AvgIpc) is 3.38. The molecule has 2 N–H and O–H groups in total. The molecule has 33 heavy (non-hydrogen) atoms. The molecule has 1 aliphatic carbocycles. The monoisotopic (exact) mass is 487 g/mol. The van der Waals surface area contributed by atoms with Gasteiger partial charge in [-0.2, -0.15) is 13.2 Å². The molecule has 0 aliphatic heterocycles. The number of alkyl halides is 3. The molecule has 0 saturated heterocycles. The van der Waals surface area contributed by atoms with E-state index in [4.69, 9.17) is 4.74 Å². The number of methoxy groups -OCH3 is 1. The molecule has 3 rings (SSSR count). The maximum atomic E-state index is 13.5. The lowest BCUT2D eigenvalue weighted by atomic mass is 10.0. The largest absolute Gasteiger partial charge is 0.435 e. The normalized spacial score (nSPS) is 15.1. The van der Waals surface area contributed by atoms with Crippen molar-refractivity contribution < 1.29 is 36.7 Å². The minimum Gasteiger partial charge on any atom is -0.384 e. The molecule has 1 fully saturated rings. The molecule has 0 spiro atoms. The molecular formula is C21H21F4N3O4S. The molecule has 0 radical (unpaired) electrons. The highest BCUT2D eigenvalue weighted by atomic mass is 32.1. The van der Waals surface area contributed by atoms with E-state index in [1.807, 2.05) is 0 Å². The number of rotatable bonds is 8. The maximum Gasteiger partial charge on any atom is 0.435 e. The molecule has 1 aliphatic rings. The molecule has 12 heteroatoms. The van der Waals surface area contributed by atoms with Crippen molar-refractivity contribution in [1.29, 1.82) is 0 Å². The van der Waals surface area contributed by atoms with Crippen molar-refractivity contribution >= 4 is 34.1 Å². The summed E-state index contributed by atoms with van der Waals surface area (Å²) >= 11 is 0.344. The Morgan fingerprint density at radius 3 is 2.27 bits per heavy atom. The van der Waals surface area contributed by atoms with E-state index < -0.39 is 56.2 Å². The third-order valence-electron chi connectivity index (χ3n) is 5.18. The van der Waals surface area contributed by atoms with Crippen molar-refractivity contribution in [2.24, 2.45) is 5.41 Å². The number of aromatic nitrogens is 1. The summed E-state index contributed by atoms with van der Waals surface area (Å²) in [4.78, 5) is 40.5. The first-order valence-electron chi connectivity index (χ1n) is 9.80. The first-order chi connectivity index (χ1) is 15.3. The van der Waals surface area contributed by atoms with E-state index in [-0.39, 0.29) is 12.2 Å². The summed E-state index contributed by atoms with van der Waals surface area (Å²) in [5, 5.41) is 4.38. The Morgan fingerprint density at radius 1 is 1.15 bits per heavy atom. The third-order valence-corrected chi connectivity index (χ3v) is 6.15. The van der Waals surface area contributed by atoms with Gasteiger partial charge in [-0.25, -0.2) is 9.37 Å². The zero-order chi connectivity index (χ0) is 24.6. The fraction of sp³-hybridized carbons (Fsp3) is 0.429. The van der Waals surface area contributed by atoms with E-state index in [9.17, 15) is 31.9 Å². The van der Waals surface area contributed by atoms with E-state index in [0.717, 1.165) is 24.3 Å². The van der Waals surface area contributed by atoms with E-state index in [1.165, 1.54) is 21.0 Å². The number of hydrogen-bond donors (Lipinski definition) is 2. The number of ether oxygens (including phenoxy) is 1. The number of carbonyl (C=O) groups excluding carboxylic acids is 3. The van der Waals surface area contributed by atoms with Gasteiger partial charge in [0.25, 0.3) is 5.91 Å². The van der Waals surface area contributed by atoms with Gasteiger partial charge in [-0.3, -0.25) is 19.7 Å². The van der Waals surface area contributed by atoms with Gasteiger partial charge >= 0.3 is 6.18 Å². The second-order valence-electron chi connectivity index (χ2n) is 8.28. The molecule has 1 aromatic carbocycles. The Labute approximate surface area is 190 Å². The van der Waals surface area contributed by atoms with Crippen LogP contribution in [0, 0.1) is 11.2 Å². The van der Waals surface area contributed by atoms with Crippen LogP contribution in [0.3, 0.4) is 0 Å². The number of benzene rings is 1. The van der Waals surface area contributed by atoms with Crippen LogP contribution in [-0.4, -0.2) is 41.8 Å². The van der Waals surface area contributed by atoms with Crippen molar-refractivity contribution in [2.75, 3.05) is 19.0 Å². The number of anilines is 1. The molecule has 0 unspecified atom stereocenters.